The van der Waals surface area contributed by atoms with Gasteiger partial charge in [-0.15, -0.1) is 0 Å². The Bertz CT molecular complexity index is 661. The largest absolute Gasteiger partial charge is 0.481 e. The number of nitrogens with one attached hydrogen (secondary N) is 1. The van der Waals surface area contributed by atoms with Crippen LogP contribution in [0.2, 0.25) is 0 Å². The summed E-state index contributed by atoms with van der Waals surface area (Å²) >= 11 is 2.75. The van der Waals surface area contributed by atoms with Crippen molar-refractivity contribution in [2.24, 2.45) is 0 Å². The van der Waals surface area contributed by atoms with Crippen LogP contribution in [0.1, 0.15) is 26.7 Å². The van der Waals surface area contributed by atoms with Gasteiger partial charge in [-0.05, 0) is 48.3 Å². The first-order chi connectivity index (χ1) is 9.44. The van der Waals surface area contributed by atoms with E-state index in [1.54, 1.807) is 0 Å². The Morgan fingerprint density at radius 1 is 1.33 bits per heavy atom. The molecule has 0 aliphatic rings. The van der Waals surface area contributed by atoms with Crippen LogP contribution in [0.4, 0.5) is 8.78 Å². The normalized spacial score (nSPS) is 12.4. The number of benzene rings is 1. The Hall–Kier alpha value is -1.06. The highest BCUT2D eigenvalue weighted by molar-refractivity contribution is 9.10. The number of sulfonamides is 1. The van der Waals surface area contributed by atoms with E-state index < -0.39 is 38.1 Å². The molecule has 0 amide bonds. The van der Waals surface area contributed by atoms with Gasteiger partial charge in [-0.3, -0.25) is 4.79 Å². The molecular formula is C12H14BrF2NO4S. The molecule has 0 heterocycles. The summed E-state index contributed by atoms with van der Waals surface area (Å²) in [6.07, 6.45) is -0.255. The Kier molecular flexibility index (Phi) is 5.46. The van der Waals surface area contributed by atoms with Crippen molar-refractivity contribution in [3.8, 4) is 0 Å². The van der Waals surface area contributed by atoms with Gasteiger partial charge in [0.05, 0.1) is 4.47 Å². The van der Waals surface area contributed by atoms with Crippen LogP contribution >= 0.6 is 15.9 Å². The van der Waals surface area contributed by atoms with Gasteiger partial charge in [0, 0.05) is 12.0 Å². The number of aliphatic carboxylic acids is 1. The molecule has 0 aromatic heterocycles. The van der Waals surface area contributed by atoms with Crippen LogP contribution in [0, 0.1) is 11.6 Å². The molecule has 0 fully saturated rings. The zero-order valence-electron chi connectivity index (χ0n) is 11.3. The van der Waals surface area contributed by atoms with E-state index >= 15 is 0 Å². The van der Waals surface area contributed by atoms with E-state index in [9.17, 15) is 22.0 Å². The van der Waals surface area contributed by atoms with Crippen molar-refractivity contribution in [3.63, 3.8) is 0 Å². The molecule has 9 heteroatoms. The van der Waals surface area contributed by atoms with Gasteiger partial charge in [0.25, 0.3) is 0 Å². The second-order valence-corrected chi connectivity index (χ2v) is 7.59. The molecule has 0 radical (unpaired) electrons. The fourth-order valence-corrected chi connectivity index (χ4v) is 3.43. The van der Waals surface area contributed by atoms with E-state index in [4.69, 9.17) is 5.11 Å². The second kappa shape index (κ2) is 6.37. The molecule has 0 aliphatic carbocycles. The highest BCUT2D eigenvalue weighted by atomic mass is 79.9. The molecule has 0 aliphatic heterocycles. The maximum Gasteiger partial charge on any atom is 0.303 e. The van der Waals surface area contributed by atoms with Crippen molar-refractivity contribution < 1.29 is 27.1 Å². The number of hydrogen-bond donors (Lipinski definition) is 2. The molecule has 1 rings (SSSR count). The lowest BCUT2D eigenvalue weighted by atomic mass is 10.0. The first-order valence-corrected chi connectivity index (χ1v) is 8.12. The van der Waals surface area contributed by atoms with Crippen LogP contribution in [0.15, 0.2) is 21.5 Å². The maximum atomic E-state index is 13.7. The smallest absolute Gasteiger partial charge is 0.303 e. The third kappa shape index (κ3) is 5.01. The predicted octanol–water partition coefficient (Wildman–Crippen LogP) is 2.65. The summed E-state index contributed by atoms with van der Waals surface area (Å²) in [6, 6.07) is 1.28. The zero-order valence-corrected chi connectivity index (χ0v) is 13.7. The van der Waals surface area contributed by atoms with E-state index in [1.807, 2.05) is 0 Å². The molecule has 2 N–H and O–H groups in total. The van der Waals surface area contributed by atoms with Crippen molar-refractivity contribution in [3.05, 3.63) is 28.2 Å². The lowest BCUT2D eigenvalue weighted by Crippen LogP contribution is -2.43. The molecular weight excluding hydrogens is 372 g/mol. The summed E-state index contributed by atoms with van der Waals surface area (Å²) in [5, 5.41) is 8.61. The standard InChI is InChI=1S/C12H14BrF2NO4S/c1-12(2,4-3-11(17)18)16-21(19,20)10-6-8(14)7(13)5-9(10)15/h5-6,16H,3-4H2,1-2H3,(H,17,18). The van der Waals surface area contributed by atoms with Gasteiger partial charge in [-0.1, -0.05) is 0 Å². The van der Waals surface area contributed by atoms with Crippen molar-refractivity contribution >= 4 is 31.9 Å². The average Bonchev–Trinajstić information content (AvgIpc) is 2.30. The molecule has 1 aromatic carbocycles. The SMILES string of the molecule is CC(C)(CCC(=O)O)NS(=O)(=O)c1cc(F)c(Br)cc1F. The van der Waals surface area contributed by atoms with Crippen molar-refractivity contribution in [1.29, 1.82) is 0 Å². The topological polar surface area (TPSA) is 83.5 Å². The molecule has 1 aromatic rings. The highest BCUT2D eigenvalue weighted by Gasteiger charge is 2.29. The Morgan fingerprint density at radius 3 is 2.43 bits per heavy atom. The Balaban J connectivity index is 3.07. The van der Waals surface area contributed by atoms with Crippen molar-refractivity contribution in [1.82, 2.24) is 4.72 Å². The van der Waals surface area contributed by atoms with Crippen LogP contribution in [-0.4, -0.2) is 25.0 Å². The highest BCUT2D eigenvalue weighted by Crippen LogP contribution is 2.24. The van der Waals surface area contributed by atoms with Crippen LogP contribution in [0.5, 0.6) is 0 Å². The minimum absolute atomic E-state index is 0.00218. The summed E-state index contributed by atoms with van der Waals surface area (Å²) in [4.78, 5) is 9.70. The summed E-state index contributed by atoms with van der Waals surface area (Å²) in [6.45, 7) is 2.92. The fraction of sp³-hybridized carbons (Fsp3) is 0.417. The van der Waals surface area contributed by atoms with E-state index in [1.165, 1.54) is 13.8 Å². The lowest BCUT2D eigenvalue weighted by molar-refractivity contribution is -0.137. The molecule has 118 valence electrons. The van der Waals surface area contributed by atoms with Gasteiger partial charge in [0.2, 0.25) is 10.0 Å². The number of carboxylic acid groups (broad SMARTS) is 1. The average molecular weight is 386 g/mol. The van der Waals surface area contributed by atoms with E-state index in [0.717, 1.165) is 0 Å². The molecule has 0 saturated carbocycles. The molecule has 21 heavy (non-hydrogen) atoms. The van der Waals surface area contributed by atoms with E-state index in [-0.39, 0.29) is 17.3 Å². The summed E-state index contributed by atoms with van der Waals surface area (Å²) in [7, 11) is -4.31. The van der Waals surface area contributed by atoms with Gasteiger partial charge in [0.15, 0.2) is 0 Å². The van der Waals surface area contributed by atoms with Crippen LogP contribution in [0.3, 0.4) is 0 Å². The van der Waals surface area contributed by atoms with Crippen molar-refractivity contribution in [2.45, 2.75) is 37.1 Å². The number of carboxylic acids is 1. The third-order valence-electron chi connectivity index (χ3n) is 2.64. The van der Waals surface area contributed by atoms with E-state index in [2.05, 4.69) is 20.7 Å². The predicted molar refractivity (Wildman–Crippen MR) is 75.3 cm³/mol. The Labute approximate surface area is 129 Å². The second-order valence-electron chi connectivity index (χ2n) is 5.08. The van der Waals surface area contributed by atoms with Crippen LogP contribution in [0.25, 0.3) is 0 Å². The first kappa shape index (κ1) is 18.0. The van der Waals surface area contributed by atoms with Gasteiger partial charge >= 0.3 is 5.97 Å². The fourth-order valence-electron chi connectivity index (χ4n) is 1.60. The minimum Gasteiger partial charge on any atom is -0.481 e. The van der Waals surface area contributed by atoms with Crippen molar-refractivity contribution in [2.75, 3.05) is 0 Å². The van der Waals surface area contributed by atoms with Crippen LogP contribution < -0.4 is 4.72 Å². The zero-order chi connectivity index (χ0) is 16.4. The summed E-state index contributed by atoms with van der Waals surface area (Å²) < 4.78 is 53.3. The molecule has 0 spiro atoms. The number of hydrogen-bond acceptors (Lipinski definition) is 3. The van der Waals surface area contributed by atoms with Gasteiger partial charge in [0.1, 0.15) is 16.5 Å². The summed E-state index contributed by atoms with van der Waals surface area (Å²) in [5.74, 6) is -3.10. The quantitative estimate of drug-likeness (QED) is 0.737. The molecule has 0 unspecified atom stereocenters. The van der Waals surface area contributed by atoms with Gasteiger partial charge in [-0.25, -0.2) is 21.9 Å². The van der Waals surface area contributed by atoms with Crippen LogP contribution in [-0.2, 0) is 14.8 Å². The molecule has 0 atom stereocenters. The maximum absolute atomic E-state index is 13.7. The minimum atomic E-state index is -4.31. The monoisotopic (exact) mass is 385 g/mol. The van der Waals surface area contributed by atoms with Gasteiger partial charge < -0.3 is 5.11 Å². The number of carbonyl (C=O) groups is 1. The first-order valence-electron chi connectivity index (χ1n) is 5.85. The molecule has 0 bridgehead atoms. The van der Waals surface area contributed by atoms with Gasteiger partial charge in [-0.2, -0.15) is 0 Å². The summed E-state index contributed by atoms with van der Waals surface area (Å²) in [5.41, 5.74) is -1.12. The lowest BCUT2D eigenvalue weighted by Gasteiger charge is -2.25. The molecule has 5 nitrogen and oxygen atoms in total. The molecule has 0 saturated heterocycles. The van der Waals surface area contributed by atoms with E-state index in [0.29, 0.717) is 12.1 Å². The Morgan fingerprint density at radius 2 is 1.90 bits per heavy atom. The third-order valence-corrected chi connectivity index (χ3v) is 4.96. The number of halogens is 3. The number of rotatable bonds is 6.